The fourth-order valence-corrected chi connectivity index (χ4v) is 3.23. The molecule has 1 aliphatic rings. The molecule has 1 aromatic carbocycles. The third-order valence-corrected chi connectivity index (χ3v) is 4.27. The minimum absolute atomic E-state index is 0.164. The molecule has 1 unspecified atom stereocenters. The van der Waals surface area contributed by atoms with Gasteiger partial charge in [-0.2, -0.15) is 0 Å². The molecule has 0 bridgehead atoms. The molecule has 23 heavy (non-hydrogen) atoms. The molecule has 1 N–H and O–H groups in total. The summed E-state index contributed by atoms with van der Waals surface area (Å²) >= 11 is 0. The van der Waals surface area contributed by atoms with Gasteiger partial charge in [0.05, 0.1) is 0 Å². The molecular formula is C18H27FN2O2. The first-order valence-corrected chi connectivity index (χ1v) is 8.47. The van der Waals surface area contributed by atoms with Crippen LogP contribution in [0.3, 0.4) is 0 Å². The number of nitrogens with zero attached hydrogens (tertiary/aromatic N) is 1. The van der Waals surface area contributed by atoms with Crippen LogP contribution >= 0.6 is 0 Å². The van der Waals surface area contributed by atoms with E-state index in [0.29, 0.717) is 36.7 Å². The molecule has 1 atom stereocenters. The van der Waals surface area contributed by atoms with E-state index in [9.17, 15) is 9.18 Å². The summed E-state index contributed by atoms with van der Waals surface area (Å²) in [5.41, 5.74) is 1.21. The van der Waals surface area contributed by atoms with Gasteiger partial charge in [-0.05, 0) is 52.3 Å². The highest BCUT2D eigenvalue weighted by Crippen LogP contribution is 2.33. The second-order valence-corrected chi connectivity index (χ2v) is 6.26. The highest BCUT2D eigenvalue weighted by atomic mass is 19.1. The minimum atomic E-state index is -0.391. The molecule has 4 nitrogen and oxygen atoms in total. The van der Waals surface area contributed by atoms with Gasteiger partial charge in [-0.15, -0.1) is 0 Å². The summed E-state index contributed by atoms with van der Waals surface area (Å²) in [5.74, 6) is -0.317. The van der Waals surface area contributed by atoms with Crippen LogP contribution in [0.25, 0.3) is 0 Å². The monoisotopic (exact) mass is 322 g/mol. The lowest BCUT2D eigenvalue weighted by Crippen LogP contribution is -2.47. The largest absolute Gasteiger partial charge is 0.489 e. The second kappa shape index (κ2) is 7.77. The summed E-state index contributed by atoms with van der Waals surface area (Å²) in [6, 6.07) is 3.42. The Balaban J connectivity index is 2.33. The van der Waals surface area contributed by atoms with Gasteiger partial charge in [-0.25, -0.2) is 4.39 Å². The van der Waals surface area contributed by atoms with E-state index >= 15 is 0 Å². The third kappa shape index (κ3) is 3.83. The number of fused-ring (bicyclic) bond motifs is 1. The highest BCUT2D eigenvalue weighted by Gasteiger charge is 2.31. The number of carbonyl (C=O) groups is 1. The molecule has 0 fully saturated rings. The molecule has 1 aromatic rings. The van der Waals surface area contributed by atoms with Crippen molar-refractivity contribution in [1.82, 2.24) is 10.2 Å². The average molecular weight is 322 g/mol. The Morgan fingerprint density at radius 3 is 2.78 bits per heavy atom. The third-order valence-electron chi connectivity index (χ3n) is 4.27. The van der Waals surface area contributed by atoms with Crippen LogP contribution in [0.5, 0.6) is 5.75 Å². The molecule has 1 amide bonds. The van der Waals surface area contributed by atoms with Crippen LogP contribution < -0.4 is 10.1 Å². The Bertz CT molecular complexity index is 560. The number of hydrogen-bond acceptors (Lipinski definition) is 3. The van der Waals surface area contributed by atoms with Crippen LogP contribution in [0.2, 0.25) is 0 Å². The minimum Gasteiger partial charge on any atom is -0.489 e. The SMILES string of the molecule is CCCN(C(C)C)C1COc2c(F)ccc(C(=O)NCC)c2C1. The maximum Gasteiger partial charge on any atom is 0.251 e. The topological polar surface area (TPSA) is 41.6 Å². The zero-order valence-corrected chi connectivity index (χ0v) is 14.5. The number of benzene rings is 1. The summed E-state index contributed by atoms with van der Waals surface area (Å²) in [7, 11) is 0. The number of amides is 1. The Labute approximate surface area is 138 Å². The molecule has 0 saturated carbocycles. The van der Waals surface area contributed by atoms with Crippen molar-refractivity contribution in [2.24, 2.45) is 0 Å². The average Bonchev–Trinajstić information content (AvgIpc) is 2.52. The predicted molar refractivity (Wildman–Crippen MR) is 89.5 cm³/mol. The summed E-state index contributed by atoms with van der Waals surface area (Å²) in [6.07, 6.45) is 1.69. The summed E-state index contributed by atoms with van der Waals surface area (Å²) in [4.78, 5) is 14.6. The highest BCUT2D eigenvalue weighted by molar-refractivity contribution is 5.96. The quantitative estimate of drug-likeness (QED) is 0.875. The van der Waals surface area contributed by atoms with Crippen LogP contribution in [0.4, 0.5) is 4.39 Å². The van der Waals surface area contributed by atoms with Crippen molar-refractivity contribution >= 4 is 5.91 Å². The first kappa shape index (κ1) is 17.7. The van der Waals surface area contributed by atoms with Gasteiger partial charge in [0.1, 0.15) is 6.61 Å². The van der Waals surface area contributed by atoms with Crippen LogP contribution in [0.15, 0.2) is 12.1 Å². The van der Waals surface area contributed by atoms with Gasteiger partial charge in [-0.1, -0.05) is 6.92 Å². The van der Waals surface area contributed by atoms with Crippen molar-refractivity contribution in [3.8, 4) is 5.75 Å². The standard InChI is InChI=1S/C18H27FN2O2/c1-5-9-21(12(3)4)13-10-15-14(18(22)20-6-2)7-8-16(19)17(15)23-11-13/h7-8,12-13H,5-6,9-11H2,1-4H3,(H,20,22). The van der Waals surface area contributed by atoms with Gasteiger partial charge in [0.2, 0.25) is 0 Å². The van der Waals surface area contributed by atoms with Crippen LogP contribution in [-0.2, 0) is 6.42 Å². The van der Waals surface area contributed by atoms with Crippen LogP contribution in [0.1, 0.15) is 50.0 Å². The van der Waals surface area contributed by atoms with E-state index in [1.807, 2.05) is 6.92 Å². The maximum absolute atomic E-state index is 14.1. The Hall–Kier alpha value is -1.62. The van der Waals surface area contributed by atoms with E-state index in [4.69, 9.17) is 4.74 Å². The van der Waals surface area contributed by atoms with E-state index < -0.39 is 5.82 Å². The lowest BCUT2D eigenvalue weighted by Gasteiger charge is -2.38. The van der Waals surface area contributed by atoms with E-state index in [-0.39, 0.29) is 17.7 Å². The van der Waals surface area contributed by atoms with Gasteiger partial charge in [0, 0.05) is 29.8 Å². The summed E-state index contributed by atoms with van der Waals surface area (Å²) in [5, 5.41) is 2.79. The number of ether oxygens (including phenoxy) is 1. The smallest absolute Gasteiger partial charge is 0.251 e. The lowest BCUT2D eigenvalue weighted by molar-refractivity contribution is 0.0874. The number of halogens is 1. The Morgan fingerprint density at radius 2 is 2.17 bits per heavy atom. The van der Waals surface area contributed by atoms with Crippen LogP contribution in [0, 0.1) is 5.82 Å². The number of nitrogens with one attached hydrogen (secondary N) is 1. The molecule has 0 radical (unpaired) electrons. The van der Waals surface area contributed by atoms with E-state index in [0.717, 1.165) is 13.0 Å². The van der Waals surface area contributed by atoms with E-state index in [1.165, 1.54) is 6.07 Å². The van der Waals surface area contributed by atoms with Crippen LogP contribution in [-0.4, -0.2) is 42.6 Å². The molecule has 2 rings (SSSR count). The Kier molecular flexibility index (Phi) is 5.99. The Morgan fingerprint density at radius 1 is 1.43 bits per heavy atom. The number of rotatable bonds is 6. The summed E-state index contributed by atoms with van der Waals surface area (Å²) < 4.78 is 19.8. The number of carbonyl (C=O) groups excluding carboxylic acids is 1. The zero-order valence-electron chi connectivity index (χ0n) is 14.5. The van der Waals surface area contributed by atoms with Crippen molar-refractivity contribution in [3.63, 3.8) is 0 Å². The van der Waals surface area contributed by atoms with Gasteiger partial charge in [-0.3, -0.25) is 9.69 Å². The van der Waals surface area contributed by atoms with E-state index in [2.05, 4.69) is 31.0 Å². The fraction of sp³-hybridized carbons (Fsp3) is 0.611. The molecular weight excluding hydrogens is 295 g/mol. The lowest BCUT2D eigenvalue weighted by atomic mass is 9.94. The molecule has 1 aliphatic heterocycles. The van der Waals surface area contributed by atoms with Crippen molar-refractivity contribution in [1.29, 1.82) is 0 Å². The zero-order chi connectivity index (χ0) is 17.0. The molecule has 5 heteroatoms. The van der Waals surface area contributed by atoms with Gasteiger partial charge < -0.3 is 10.1 Å². The number of hydrogen-bond donors (Lipinski definition) is 1. The fourth-order valence-electron chi connectivity index (χ4n) is 3.23. The van der Waals surface area contributed by atoms with Crippen molar-refractivity contribution < 1.29 is 13.9 Å². The molecule has 0 saturated heterocycles. The maximum atomic E-state index is 14.1. The van der Waals surface area contributed by atoms with Gasteiger partial charge >= 0.3 is 0 Å². The predicted octanol–water partition coefficient (Wildman–Crippen LogP) is 3.00. The molecule has 1 heterocycles. The van der Waals surface area contributed by atoms with Crippen molar-refractivity contribution in [2.75, 3.05) is 19.7 Å². The molecule has 0 spiro atoms. The normalized spacial score (nSPS) is 17.1. The molecule has 0 aliphatic carbocycles. The molecule has 0 aromatic heterocycles. The first-order valence-electron chi connectivity index (χ1n) is 8.47. The van der Waals surface area contributed by atoms with Gasteiger partial charge in [0.15, 0.2) is 11.6 Å². The second-order valence-electron chi connectivity index (χ2n) is 6.26. The van der Waals surface area contributed by atoms with Crippen molar-refractivity contribution in [2.45, 2.75) is 52.6 Å². The molecule has 128 valence electrons. The van der Waals surface area contributed by atoms with Crippen molar-refractivity contribution in [3.05, 3.63) is 29.1 Å². The summed E-state index contributed by atoms with van der Waals surface area (Å²) in [6.45, 7) is 10.3. The van der Waals surface area contributed by atoms with Gasteiger partial charge in [0.25, 0.3) is 5.91 Å². The van der Waals surface area contributed by atoms with E-state index in [1.54, 1.807) is 6.07 Å². The first-order chi connectivity index (χ1) is 11.0.